The molecule has 164 valence electrons. The van der Waals surface area contributed by atoms with Gasteiger partial charge in [0, 0.05) is 15.5 Å². The minimum absolute atomic E-state index is 0.0999. The third-order valence-corrected chi connectivity index (χ3v) is 6.86. The molecular weight excluding hydrogens is 464 g/mol. The molecule has 1 atom stereocenters. The Labute approximate surface area is 199 Å². The lowest BCUT2D eigenvalue weighted by atomic mass is 10.2. The van der Waals surface area contributed by atoms with E-state index < -0.39 is 0 Å². The summed E-state index contributed by atoms with van der Waals surface area (Å²) in [6, 6.07) is 18.9. The Balaban J connectivity index is 1.58. The van der Waals surface area contributed by atoms with Crippen molar-refractivity contribution in [1.82, 2.24) is 14.8 Å². The highest BCUT2D eigenvalue weighted by Crippen LogP contribution is 2.30. The van der Waals surface area contributed by atoms with Crippen molar-refractivity contribution in [3.63, 3.8) is 0 Å². The van der Waals surface area contributed by atoms with E-state index in [-0.39, 0.29) is 11.2 Å². The zero-order valence-electron chi connectivity index (χ0n) is 17.5. The van der Waals surface area contributed by atoms with Gasteiger partial charge in [-0.05, 0) is 61.7 Å². The molecule has 0 unspecified atom stereocenters. The second-order valence-electron chi connectivity index (χ2n) is 6.93. The number of carbonyl (C=O) groups excluding carboxylic acids is 1. The van der Waals surface area contributed by atoms with Crippen LogP contribution in [0, 0.1) is 0 Å². The molecule has 0 spiro atoms. The second-order valence-corrected chi connectivity index (χ2v) is 9.52. The van der Waals surface area contributed by atoms with E-state index in [0.717, 1.165) is 21.9 Å². The van der Waals surface area contributed by atoms with Gasteiger partial charge in [0.2, 0.25) is 5.91 Å². The first-order valence-electron chi connectivity index (χ1n) is 9.87. The predicted molar refractivity (Wildman–Crippen MR) is 130 cm³/mol. The zero-order chi connectivity index (χ0) is 22.5. The molecule has 0 aliphatic rings. The van der Waals surface area contributed by atoms with E-state index in [9.17, 15) is 4.79 Å². The lowest BCUT2D eigenvalue weighted by Gasteiger charge is -2.14. The van der Waals surface area contributed by atoms with Crippen molar-refractivity contribution in [2.75, 3.05) is 11.6 Å². The SMILES string of the molecule is CSc1ccccc1NC(=O)[C@H](C)Sc1nnc(-c2ccc(Cl)cc2)n1Cc1ccco1. The van der Waals surface area contributed by atoms with Crippen LogP contribution in [0.4, 0.5) is 5.69 Å². The molecule has 0 radical (unpaired) electrons. The van der Waals surface area contributed by atoms with Crippen LogP contribution in [0.5, 0.6) is 0 Å². The van der Waals surface area contributed by atoms with Gasteiger partial charge in [-0.25, -0.2) is 0 Å². The van der Waals surface area contributed by atoms with Gasteiger partial charge in [-0.15, -0.1) is 22.0 Å². The number of furan rings is 1. The maximum absolute atomic E-state index is 12.9. The van der Waals surface area contributed by atoms with Crippen molar-refractivity contribution in [3.8, 4) is 11.4 Å². The summed E-state index contributed by atoms with van der Waals surface area (Å²) < 4.78 is 7.49. The number of thioether (sulfide) groups is 2. The molecular formula is C23H21ClN4O2S2. The molecule has 2 heterocycles. The van der Waals surface area contributed by atoms with Gasteiger partial charge in [0.05, 0.1) is 23.7 Å². The Morgan fingerprint density at radius 2 is 1.91 bits per heavy atom. The normalized spacial score (nSPS) is 12.0. The third kappa shape index (κ3) is 5.20. The molecule has 4 rings (SSSR count). The number of hydrogen-bond acceptors (Lipinski definition) is 6. The van der Waals surface area contributed by atoms with E-state index in [1.54, 1.807) is 18.0 Å². The van der Waals surface area contributed by atoms with Gasteiger partial charge in [-0.1, -0.05) is 35.5 Å². The highest BCUT2D eigenvalue weighted by atomic mass is 35.5. The van der Waals surface area contributed by atoms with E-state index in [1.165, 1.54) is 11.8 Å². The van der Waals surface area contributed by atoms with Crippen molar-refractivity contribution in [2.45, 2.75) is 28.8 Å². The molecule has 32 heavy (non-hydrogen) atoms. The molecule has 0 fully saturated rings. The second kappa shape index (κ2) is 10.3. The van der Waals surface area contributed by atoms with Gasteiger partial charge < -0.3 is 9.73 Å². The fourth-order valence-electron chi connectivity index (χ4n) is 3.08. The first-order valence-corrected chi connectivity index (χ1v) is 12.4. The molecule has 4 aromatic rings. The number of carbonyl (C=O) groups is 1. The topological polar surface area (TPSA) is 73.0 Å². The lowest BCUT2D eigenvalue weighted by Crippen LogP contribution is -2.23. The Kier molecular flexibility index (Phi) is 7.24. The van der Waals surface area contributed by atoms with Crippen molar-refractivity contribution in [2.24, 2.45) is 0 Å². The van der Waals surface area contributed by atoms with Gasteiger partial charge in [0.1, 0.15) is 5.76 Å². The summed E-state index contributed by atoms with van der Waals surface area (Å²) in [5.41, 5.74) is 1.68. The molecule has 6 nitrogen and oxygen atoms in total. The number of hydrogen-bond donors (Lipinski definition) is 1. The predicted octanol–water partition coefficient (Wildman–Crippen LogP) is 6.08. The van der Waals surface area contributed by atoms with Crippen LogP contribution in [0.3, 0.4) is 0 Å². The van der Waals surface area contributed by atoms with Crippen molar-refractivity contribution < 1.29 is 9.21 Å². The highest BCUT2D eigenvalue weighted by Gasteiger charge is 2.22. The van der Waals surface area contributed by atoms with Crippen LogP contribution >= 0.6 is 35.1 Å². The average Bonchev–Trinajstić information content (AvgIpc) is 3.45. The molecule has 0 saturated heterocycles. The Hall–Kier alpha value is -2.68. The van der Waals surface area contributed by atoms with E-state index in [1.807, 2.05) is 78.4 Å². The summed E-state index contributed by atoms with van der Waals surface area (Å²) in [7, 11) is 0. The standard InChI is InChI=1S/C23H21ClN4O2S2/c1-15(22(29)25-19-7-3-4-8-20(19)31-2)32-23-27-26-21(16-9-11-17(24)12-10-16)28(23)14-18-6-5-13-30-18/h3-13,15H,14H2,1-2H3,(H,25,29)/t15-/m0/s1. The molecule has 1 amide bonds. The lowest BCUT2D eigenvalue weighted by molar-refractivity contribution is -0.115. The fraction of sp³-hybridized carbons (Fsp3) is 0.174. The molecule has 0 aliphatic heterocycles. The van der Waals surface area contributed by atoms with Crippen LogP contribution in [0.2, 0.25) is 5.02 Å². The largest absolute Gasteiger partial charge is 0.467 e. The van der Waals surface area contributed by atoms with Gasteiger partial charge in [0.25, 0.3) is 0 Å². The quantitative estimate of drug-likeness (QED) is 0.305. The molecule has 0 bridgehead atoms. The highest BCUT2D eigenvalue weighted by molar-refractivity contribution is 8.00. The number of anilines is 1. The van der Waals surface area contributed by atoms with Crippen LogP contribution in [-0.2, 0) is 11.3 Å². The molecule has 0 aliphatic carbocycles. The van der Waals surface area contributed by atoms with Crippen LogP contribution in [0.25, 0.3) is 11.4 Å². The molecule has 9 heteroatoms. The molecule has 2 aromatic carbocycles. The minimum atomic E-state index is -0.387. The Morgan fingerprint density at radius 1 is 1.12 bits per heavy atom. The van der Waals surface area contributed by atoms with Gasteiger partial charge in [0.15, 0.2) is 11.0 Å². The minimum Gasteiger partial charge on any atom is -0.467 e. The van der Waals surface area contributed by atoms with Crippen LogP contribution in [-0.4, -0.2) is 32.2 Å². The smallest absolute Gasteiger partial charge is 0.237 e. The van der Waals surface area contributed by atoms with E-state index >= 15 is 0 Å². The van der Waals surface area contributed by atoms with E-state index in [0.29, 0.717) is 22.5 Å². The van der Waals surface area contributed by atoms with Crippen LogP contribution in [0.15, 0.2) is 81.4 Å². The number of nitrogens with one attached hydrogen (secondary N) is 1. The number of nitrogens with zero attached hydrogens (tertiary/aromatic N) is 3. The first kappa shape index (κ1) is 22.5. The summed E-state index contributed by atoms with van der Waals surface area (Å²) >= 11 is 8.99. The van der Waals surface area contributed by atoms with Gasteiger partial charge in [-0.3, -0.25) is 9.36 Å². The summed E-state index contributed by atoms with van der Waals surface area (Å²) in [5, 5.41) is 12.7. The van der Waals surface area contributed by atoms with Crippen molar-refractivity contribution in [1.29, 1.82) is 0 Å². The zero-order valence-corrected chi connectivity index (χ0v) is 19.9. The Morgan fingerprint density at radius 3 is 2.62 bits per heavy atom. The fourth-order valence-corrected chi connectivity index (χ4v) is 4.61. The number of amides is 1. The summed E-state index contributed by atoms with van der Waals surface area (Å²) in [6.45, 7) is 2.31. The average molecular weight is 485 g/mol. The molecule has 2 aromatic heterocycles. The van der Waals surface area contributed by atoms with Crippen molar-refractivity contribution in [3.05, 3.63) is 77.7 Å². The van der Waals surface area contributed by atoms with E-state index in [2.05, 4.69) is 15.5 Å². The third-order valence-electron chi connectivity index (χ3n) is 4.73. The number of aromatic nitrogens is 3. The van der Waals surface area contributed by atoms with Crippen LogP contribution in [0.1, 0.15) is 12.7 Å². The van der Waals surface area contributed by atoms with Crippen LogP contribution < -0.4 is 5.32 Å². The molecule has 1 N–H and O–H groups in total. The van der Waals surface area contributed by atoms with E-state index in [4.69, 9.17) is 16.0 Å². The number of benzene rings is 2. The maximum atomic E-state index is 12.9. The number of rotatable bonds is 8. The molecule has 0 saturated carbocycles. The van der Waals surface area contributed by atoms with Gasteiger partial charge in [-0.2, -0.15) is 0 Å². The van der Waals surface area contributed by atoms with Crippen molar-refractivity contribution >= 4 is 46.7 Å². The summed E-state index contributed by atoms with van der Waals surface area (Å²) in [6.07, 6.45) is 3.62. The number of para-hydroxylation sites is 1. The monoisotopic (exact) mass is 484 g/mol. The Bertz CT molecular complexity index is 1190. The maximum Gasteiger partial charge on any atom is 0.237 e. The summed E-state index contributed by atoms with van der Waals surface area (Å²) in [4.78, 5) is 13.9. The first-order chi connectivity index (χ1) is 15.5. The summed E-state index contributed by atoms with van der Waals surface area (Å²) in [5.74, 6) is 1.35. The van der Waals surface area contributed by atoms with Gasteiger partial charge >= 0.3 is 0 Å². The number of halogens is 1.